The minimum absolute atomic E-state index is 0.412. The molecule has 0 aromatic heterocycles. The zero-order chi connectivity index (χ0) is 13.6. The van der Waals surface area contributed by atoms with Crippen LogP contribution in [0.4, 0.5) is 0 Å². The molecule has 0 spiro atoms. The Hall–Kier alpha value is -0.790. The molecule has 7 heteroatoms. The lowest BCUT2D eigenvalue weighted by Gasteiger charge is -2.34. The van der Waals surface area contributed by atoms with Gasteiger partial charge in [0, 0.05) is 28.6 Å². The molecule has 1 N–H and O–H groups in total. The molecule has 0 saturated carbocycles. The van der Waals surface area contributed by atoms with Gasteiger partial charge in [-0.1, -0.05) is 6.08 Å². The van der Waals surface area contributed by atoms with Crippen molar-refractivity contribution >= 4 is 20.0 Å². The first kappa shape index (κ1) is 14.3. The van der Waals surface area contributed by atoms with Gasteiger partial charge in [-0.3, -0.25) is 10.1 Å². The first-order valence-corrected chi connectivity index (χ1v) is 7.40. The van der Waals surface area contributed by atoms with Gasteiger partial charge in [0.2, 0.25) is 0 Å². The molecular formula is C10H15NO4S2. The Kier molecular flexibility index (Phi) is 3.24. The fourth-order valence-electron chi connectivity index (χ4n) is 1.83. The fourth-order valence-corrected chi connectivity index (χ4v) is 3.16. The van der Waals surface area contributed by atoms with Crippen molar-refractivity contribution in [2.75, 3.05) is 0 Å². The fraction of sp³-hybridized carbons (Fsp3) is 0.600. The highest BCUT2D eigenvalue weighted by atomic mass is 32.8. The number of nitrogens with zero attached hydrogens (tertiary/aromatic N) is 1. The summed E-state index contributed by atoms with van der Waals surface area (Å²) < 4.78 is 20.1. The van der Waals surface area contributed by atoms with Crippen LogP contribution in [0.15, 0.2) is 23.3 Å². The molecule has 1 rings (SSSR count). The van der Waals surface area contributed by atoms with E-state index >= 15 is 0 Å². The SMILES string of the molecule is CC1=CC(C)(S(=O)(O)=S)C(C)=CC1(C)[N+](=O)[O-]. The Morgan fingerprint density at radius 3 is 2.18 bits per heavy atom. The lowest BCUT2D eigenvalue weighted by Crippen LogP contribution is -2.44. The third kappa shape index (κ3) is 2.02. The van der Waals surface area contributed by atoms with E-state index in [1.807, 2.05) is 0 Å². The molecule has 5 nitrogen and oxygen atoms in total. The maximum absolute atomic E-state index is 11.7. The van der Waals surface area contributed by atoms with Crippen LogP contribution in [0.2, 0.25) is 0 Å². The van der Waals surface area contributed by atoms with Gasteiger partial charge in [-0.15, -0.1) is 0 Å². The molecule has 0 bridgehead atoms. The molecule has 96 valence electrons. The van der Waals surface area contributed by atoms with Crippen LogP contribution in [-0.4, -0.2) is 24.0 Å². The van der Waals surface area contributed by atoms with Crippen LogP contribution in [0.1, 0.15) is 27.7 Å². The maximum atomic E-state index is 11.7. The molecule has 0 aromatic carbocycles. The average molecular weight is 277 g/mol. The van der Waals surface area contributed by atoms with Crippen molar-refractivity contribution < 1.29 is 13.7 Å². The van der Waals surface area contributed by atoms with Crippen LogP contribution in [0.25, 0.3) is 0 Å². The van der Waals surface area contributed by atoms with E-state index < -0.39 is 24.0 Å². The van der Waals surface area contributed by atoms with E-state index in [2.05, 4.69) is 11.2 Å². The first-order chi connectivity index (χ1) is 7.45. The topological polar surface area (TPSA) is 80.4 Å². The second-order valence-corrected chi connectivity index (χ2v) is 7.80. The lowest BCUT2D eigenvalue weighted by molar-refractivity contribution is -0.539. The Balaban J connectivity index is 3.50. The van der Waals surface area contributed by atoms with Gasteiger partial charge in [0.25, 0.3) is 5.54 Å². The molecule has 3 unspecified atom stereocenters. The summed E-state index contributed by atoms with van der Waals surface area (Å²) in [5.74, 6) is 0. The summed E-state index contributed by atoms with van der Waals surface area (Å²) in [4.78, 5) is 10.6. The molecule has 3 atom stereocenters. The third-order valence-electron chi connectivity index (χ3n) is 3.49. The highest BCUT2D eigenvalue weighted by Gasteiger charge is 2.47. The molecule has 0 radical (unpaired) electrons. The van der Waals surface area contributed by atoms with Crippen LogP contribution in [0.5, 0.6) is 0 Å². The molecule has 0 heterocycles. The van der Waals surface area contributed by atoms with E-state index in [4.69, 9.17) is 0 Å². The van der Waals surface area contributed by atoms with Gasteiger partial charge in [-0.05, 0) is 32.4 Å². The van der Waals surface area contributed by atoms with Crippen molar-refractivity contribution in [2.45, 2.75) is 38.0 Å². The molecule has 1 aliphatic carbocycles. The molecule has 0 aliphatic heterocycles. The lowest BCUT2D eigenvalue weighted by atomic mass is 9.80. The minimum Gasteiger partial charge on any atom is -0.305 e. The number of hydrogen-bond acceptors (Lipinski definition) is 4. The Morgan fingerprint density at radius 1 is 1.35 bits per heavy atom. The normalized spacial score (nSPS) is 36.8. The summed E-state index contributed by atoms with van der Waals surface area (Å²) in [6, 6.07) is 0. The number of nitro groups is 1. The molecule has 0 amide bonds. The highest BCUT2D eigenvalue weighted by molar-refractivity contribution is 8.30. The van der Waals surface area contributed by atoms with E-state index in [1.54, 1.807) is 13.8 Å². The zero-order valence-corrected chi connectivity index (χ0v) is 11.7. The van der Waals surface area contributed by atoms with Crippen LogP contribution < -0.4 is 0 Å². The van der Waals surface area contributed by atoms with Crippen LogP contribution >= 0.6 is 0 Å². The highest BCUT2D eigenvalue weighted by Crippen LogP contribution is 2.38. The Labute approximate surface area is 105 Å². The quantitative estimate of drug-likeness (QED) is 0.474. The van der Waals surface area contributed by atoms with E-state index in [9.17, 15) is 18.9 Å². The second-order valence-electron chi connectivity index (χ2n) is 4.64. The van der Waals surface area contributed by atoms with E-state index in [0.717, 1.165) is 0 Å². The van der Waals surface area contributed by atoms with Crippen molar-refractivity contribution in [3.8, 4) is 0 Å². The van der Waals surface area contributed by atoms with Gasteiger partial charge in [0.15, 0.2) is 8.77 Å². The molecule has 0 saturated heterocycles. The molecular weight excluding hydrogens is 262 g/mol. The average Bonchev–Trinajstić information content (AvgIpc) is 2.12. The van der Waals surface area contributed by atoms with Crippen molar-refractivity contribution in [1.29, 1.82) is 0 Å². The van der Waals surface area contributed by atoms with Crippen LogP contribution in [0, 0.1) is 10.1 Å². The maximum Gasteiger partial charge on any atom is 0.258 e. The minimum atomic E-state index is -3.52. The molecule has 1 aliphatic rings. The van der Waals surface area contributed by atoms with E-state index in [0.29, 0.717) is 11.1 Å². The third-order valence-corrected chi connectivity index (χ3v) is 6.04. The Morgan fingerprint density at radius 2 is 1.82 bits per heavy atom. The summed E-state index contributed by atoms with van der Waals surface area (Å²) in [7, 11) is -3.52. The number of rotatable bonds is 2. The van der Waals surface area contributed by atoms with Gasteiger partial charge in [-0.2, -0.15) is 0 Å². The van der Waals surface area contributed by atoms with Gasteiger partial charge in [0.05, 0.1) is 0 Å². The summed E-state index contributed by atoms with van der Waals surface area (Å²) in [5, 5.41) is 11.1. The first-order valence-electron chi connectivity index (χ1n) is 4.96. The molecule has 0 aromatic rings. The van der Waals surface area contributed by atoms with Gasteiger partial charge in [-0.25, -0.2) is 4.21 Å². The smallest absolute Gasteiger partial charge is 0.258 e. The summed E-state index contributed by atoms with van der Waals surface area (Å²) in [6.07, 6.45) is 2.85. The van der Waals surface area contributed by atoms with Crippen molar-refractivity contribution in [1.82, 2.24) is 0 Å². The van der Waals surface area contributed by atoms with Gasteiger partial charge >= 0.3 is 0 Å². The van der Waals surface area contributed by atoms with Crippen molar-refractivity contribution in [3.63, 3.8) is 0 Å². The molecule has 17 heavy (non-hydrogen) atoms. The predicted octanol–water partition coefficient (Wildman–Crippen LogP) is 1.91. The van der Waals surface area contributed by atoms with Crippen molar-refractivity contribution in [2.24, 2.45) is 0 Å². The van der Waals surface area contributed by atoms with Gasteiger partial charge in [0.1, 0.15) is 4.75 Å². The summed E-state index contributed by atoms with van der Waals surface area (Å²) in [5.41, 5.74) is -0.462. The van der Waals surface area contributed by atoms with Gasteiger partial charge < -0.3 is 4.55 Å². The van der Waals surface area contributed by atoms with Crippen molar-refractivity contribution in [3.05, 3.63) is 33.4 Å². The second kappa shape index (κ2) is 3.86. The van der Waals surface area contributed by atoms with Crippen LogP contribution in [0.3, 0.4) is 0 Å². The number of hydrogen-bond donors (Lipinski definition) is 1. The van der Waals surface area contributed by atoms with E-state index in [-0.39, 0.29) is 0 Å². The van der Waals surface area contributed by atoms with Crippen LogP contribution in [-0.2, 0) is 20.0 Å². The largest absolute Gasteiger partial charge is 0.305 e. The summed E-state index contributed by atoms with van der Waals surface area (Å²) >= 11 is 4.62. The zero-order valence-electron chi connectivity index (χ0n) is 10.1. The standard InChI is InChI=1S/C10H15NO4S2/c1-7-6-10(4,17(14,15)16)8(2)5-9(7,3)11(12)13/h5-6H,1-4H3,(H,14,15,16). The predicted molar refractivity (Wildman–Crippen MR) is 69.5 cm³/mol. The summed E-state index contributed by atoms with van der Waals surface area (Å²) in [6.45, 7) is 6.15. The Bertz CT molecular complexity index is 535. The molecule has 0 fully saturated rings. The van der Waals surface area contributed by atoms with E-state index in [1.165, 1.54) is 26.0 Å². The monoisotopic (exact) mass is 277 g/mol.